The van der Waals surface area contributed by atoms with E-state index in [2.05, 4.69) is 15.6 Å². The molecule has 0 saturated heterocycles. The van der Waals surface area contributed by atoms with E-state index in [0.717, 1.165) is 5.56 Å². The Kier molecular flexibility index (Phi) is 9.21. The number of para-hydroxylation sites is 1. The summed E-state index contributed by atoms with van der Waals surface area (Å²) in [5, 5.41) is 5.60. The molecule has 2 atom stereocenters. The zero-order chi connectivity index (χ0) is 26.1. The number of amides is 2. The van der Waals surface area contributed by atoms with E-state index in [1.807, 2.05) is 48.9 Å². The average Bonchev–Trinajstić information content (AvgIpc) is 3.30. The first-order valence-corrected chi connectivity index (χ1v) is 11.8. The highest BCUT2D eigenvalue weighted by Crippen LogP contribution is 2.21. The molecule has 0 aliphatic rings. The maximum absolute atomic E-state index is 12.9. The molecule has 2 N–H and O–H groups in total. The van der Waals surface area contributed by atoms with E-state index in [4.69, 9.17) is 9.47 Å². The molecule has 9 heteroatoms. The molecule has 1 heterocycles. The highest BCUT2D eigenvalue weighted by atomic mass is 16.5. The lowest BCUT2D eigenvalue weighted by atomic mass is 10.0. The summed E-state index contributed by atoms with van der Waals surface area (Å²) in [6, 6.07) is 14.7. The number of esters is 1. The molecule has 0 aliphatic heterocycles. The molecule has 1 unspecified atom stereocenters. The standard InChI is InChI=1S/C27H32N4O5/c1-5-35-21-14-10-9-13-20(21)26(33)30-23(18(2)3)27(34)36-17-22(32)29-24(19-11-7-6-8-12-19)25-28-15-16-31(25)4/h6-16,18,23-24H,5,17H2,1-4H3,(H,29,32)(H,30,33)/t23-,24?/m0/s1. The number of imidazole rings is 1. The van der Waals surface area contributed by atoms with E-state index in [1.165, 1.54) is 0 Å². The number of aryl methyl sites for hydroxylation is 1. The number of benzene rings is 2. The summed E-state index contributed by atoms with van der Waals surface area (Å²) >= 11 is 0. The third-order valence-electron chi connectivity index (χ3n) is 5.54. The molecule has 0 radical (unpaired) electrons. The number of hydrogen-bond acceptors (Lipinski definition) is 6. The van der Waals surface area contributed by atoms with Crippen LogP contribution in [0.1, 0.15) is 48.6 Å². The predicted octanol–water partition coefficient (Wildman–Crippen LogP) is 3.02. The van der Waals surface area contributed by atoms with Crippen LogP contribution in [0.5, 0.6) is 5.75 Å². The first kappa shape index (κ1) is 26.5. The van der Waals surface area contributed by atoms with Gasteiger partial charge < -0.3 is 24.7 Å². The van der Waals surface area contributed by atoms with Crippen LogP contribution in [-0.4, -0.2) is 46.6 Å². The molecule has 3 rings (SSSR count). The van der Waals surface area contributed by atoms with Crippen molar-refractivity contribution in [3.05, 3.63) is 83.9 Å². The Hall–Kier alpha value is -4.14. The Morgan fingerprint density at radius 3 is 2.33 bits per heavy atom. The first-order chi connectivity index (χ1) is 17.3. The van der Waals surface area contributed by atoms with Gasteiger partial charge in [-0.2, -0.15) is 0 Å². The van der Waals surface area contributed by atoms with E-state index < -0.39 is 36.5 Å². The van der Waals surface area contributed by atoms with Crippen LogP contribution < -0.4 is 15.4 Å². The largest absolute Gasteiger partial charge is 0.493 e. The molecule has 0 spiro atoms. The Morgan fingerprint density at radius 1 is 1.00 bits per heavy atom. The van der Waals surface area contributed by atoms with E-state index in [0.29, 0.717) is 23.7 Å². The van der Waals surface area contributed by atoms with Gasteiger partial charge in [0.1, 0.15) is 23.7 Å². The summed E-state index contributed by atoms with van der Waals surface area (Å²) < 4.78 is 12.6. The van der Waals surface area contributed by atoms with Gasteiger partial charge in [-0.05, 0) is 30.5 Å². The van der Waals surface area contributed by atoms with Gasteiger partial charge in [0.15, 0.2) is 6.61 Å². The lowest BCUT2D eigenvalue weighted by Gasteiger charge is -2.22. The Morgan fingerprint density at radius 2 is 1.69 bits per heavy atom. The zero-order valence-corrected chi connectivity index (χ0v) is 20.9. The minimum atomic E-state index is -0.945. The van der Waals surface area contributed by atoms with Crippen LogP contribution in [0, 0.1) is 5.92 Å². The molecule has 1 aromatic heterocycles. The SMILES string of the molecule is CCOc1ccccc1C(=O)N[C@H](C(=O)OCC(=O)NC(c1ccccc1)c1nccn1C)C(C)C. The second kappa shape index (κ2) is 12.5. The third-order valence-corrected chi connectivity index (χ3v) is 5.54. The quantitative estimate of drug-likeness (QED) is 0.398. The Balaban J connectivity index is 1.65. The molecule has 2 amide bonds. The van der Waals surface area contributed by atoms with Crippen molar-refractivity contribution in [2.24, 2.45) is 13.0 Å². The van der Waals surface area contributed by atoms with Crippen molar-refractivity contribution in [2.75, 3.05) is 13.2 Å². The molecule has 0 aliphatic carbocycles. The monoisotopic (exact) mass is 492 g/mol. The molecule has 36 heavy (non-hydrogen) atoms. The van der Waals surface area contributed by atoms with Crippen molar-refractivity contribution < 1.29 is 23.9 Å². The second-order valence-electron chi connectivity index (χ2n) is 8.54. The van der Waals surface area contributed by atoms with E-state index in [9.17, 15) is 14.4 Å². The van der Waals surface area contributed by atoms with Crippen molar-refractivity contribution in [1.29, 1.82) is 0 Å². The minimum Gasteiger partial charge on any atom is -0.493 e. The van der Waals surface area contributed by atoms with Gasteiger partial charge in [-0.15, -0.1) is 0 Å². The van der Waals surface area contributed by atoms with Gasteiger partial charge >= 0.3 is 5.97 Å². The summed E-state index contributed by atoms with van der Waals surface area (Å²) in [5.74, 6) is -0.854. The van der Waals surface area contributed by atoms with Crippen LogP contribution in [0.25, 0.3) is 0 Å². The number of ether oxygens (including phenoxy) is 2. The van der Waals surface area contributed by atoms with Crippen LogP contribution in [-0.2, 0) is 21.4 Å². The maximum Gasteiger partial charge on any atom is 0.329 e. The Labute approximate surface area is 210 Å². The minimum absolute atomic E-state index is 0.270. The lowest BCUT2D eigenvalue weighted by molar-refractivity contribution is -0.151. The van der Waals surface area contributed by atoms with E-state index >= 15 is 0 Å². The fourth-order valence-electron chi connectivity index (χ4n) is 3.68. The normalized spacial score (nSPS) is 12.5. The molecule has 190 valence electrons. The molecule has 9 nitrogen and oxygen atoms in total. The average molecular weight is 493 g/mol. The maximum atomic E-state index is 12.9. The van der Waals surface area contributed by atoms with Crippen molar-refractivity contribution in [1.82, 2.24) is 20.2 Å². The molecule has 0 saturated carbocycles. The van der Waals surface area contributed by atoms with Gasteiger partial charge in [-0.1, -0.05) is 56.3 Å². The molecule has 3 aromatic rings. The number of rotatable bonds is 11. The number of aromatic nitrogens is 2. The highest BCUT2D eigenvalue weighted by Gasteiger charge is 2.28. The fraction of sp³-hybridized carbons (Fsp3) is 0.333. The van der Waals surface area contributed by atoms with Gasteiger partial charge in [0, 0.05) is 19.4 Å². The summed E-state index contributed by atoms with van der Waals surface area (Å²) in [7, 11) is 1.84. The van der Waals surface area contributed by atoms with Gasteiger partial charge in [0.05, 0.1) is 12.2 Å². The zero-order valence-electron chi connectivity index (χ0n) is 20.9. The van der Waals surface area contributed by atoms with Gasteiger partial charge in [-0.25, -0.2) is 9.78 Å². The lowest BCUT2D eigenvalue weighted by Crippen LogP contribution is -2.46. The van der Waals surface area contributed by atoms with Crippen molar-refractivity contribution in [3.63, 3.8) is 0 Å². The van der Waals surface area contributed by atoms with Gasteiger partial charge in [0.2, 0.25) is 0 Å². The molecule has 2 aromatic carbocycles. The molecular weight excluding hydrogens is 460 g/mol. The van der Waals surface area contributed by atoms with Gasteiger partial charge in [0.25, 0.3) is 11.8 Å². The second-order valence-corrected chi connectivity index (χ2v) is 8.54. The first-order valence-electron chi connectivity index (χ1n) is 11.8. The van der Waals surface area contributed by atoms with Crippen LogP contribution in [0.4, 0.5) is 0 Å². The predicted molar refractivity (Wildman–Crippen MR) is 134 cm³/mol. The highest BCUT2D eigenvalue weighted by molar-refractivity contribution is 5.99. The summed E-state index contributed by atoms with van der Waals surface area (Å²) in [4.78, 5) is 42.8. The summed E-state index contributed by atoms with van der Waals surface area (Å²) in [6.45, 7) is 5.29. The number of carbonyl (C=O) groups is 3. The fourth-order valence-corrected chi connectivity index (χ4v) is 3.68. The topological polar surface area (TPSA) is 112 Å². The number of nitrogens with one attached hydrogen (secondary N) is 2. The van der Waals surface area contributed by atoms with Crippen LogP contribution in [0.2, 0.25) is 0 Å². The smallest absolute Gasteiger partial charge is 0.329 e. The van der Waals surface area contributed by atoms with Crippen LogP contribution in [0.3, 0.4) is 0 Å². The Bertz CT molecular complexity index is 1180. The van der Waals surface area contributed by atoms with Crippen molar-refractivity contribution >= 4 is 17.8 Å². The number of nitrogens with zero attached hydrogens (tertiary/aromatic N) is 2. The van der Waals surface area contributed by atoms with Crippen LogP contribution >= 0.6 is 0 Å². The summed E-state index contributed by atoms with van der Waals surface area (Å²) in [6.07, 6.45) is 3.44. The van der Waals surface area contributed by atoms with Crippen molar-refractivity contribution in [2.45, 2.75) is 32.9 Å². The van der Waals surface area contributed by atoms with Gasteiger partial charge in [-0.3, -0.25) is 9.59 Å². The number of hydrogen-bond donors (Lipinski definition) is 2. The molecular formula is C27H32N4O5. The van der Waals surface area contributed by atoms with Crippen molar-refractivity contribution in [3.8, 4) is 5.75 Å². The van der Waals surface area contributed by atoms with E-state index in [-0.39, 0.29) is 5.92 Å². The van der Waals surface area contributed by atoms with E-state index in [1.54, 1.807) is 50.5 Å². The summed E-state index contributed by atoms with van der Waals surface area (Å²) in [5.41, 5.74) is 1.16. The molecule has 0 fully saturated rings. The van der Waals surface area contributed by atoms with Crippen LogP contribution in [0.15, 0.2) is 67.0 Å². The third kappa shape index (κ3) is 6.71. The molecule has 0 bridgehead atoms. The number of carbonyl (C=O) groups excluding carboxylic acids is 3.